The van der Waals surface area contributed by atoms with Crippen molar-refractivity contribution in [2.75, 3.05) is 13.6 Å². The highest BCUT2D eigenvalue weighted by molar-refractivity contribution is 5.80. The molecule has 112 valence electrons. The van der Waals surface area contributed by atoms with Crippen LogP contribution in [0.2, 0.25) is 0 Å². The Labute approximate surface area is 123 Å². The molecule has 0 aromatic heterocycles. The molecule has 1 unspecified atom stereocenters. The topological polar surface area (TPSA) is 36.4 Å². The van der Waals surface area contributed by atoms with Crippen LogP contribution in [0, 0.1) is 5.92 Å². The molecule has 0 fully saturated rings. The zero-order valence-electron chi connectivity index (χ0n) is 13.7. The van der Waals surface area contributed by atoms with E-state index in [1.54, 1.807) is 0 Å². The lowest BCUT2D eigenvalue weighted by molar-refractivity contribution is 0.468. The molecule has 0 bridgehead atoms. The van der Waals surface area contributed by atoms with Gasteiger partial charge >= 0.3 is 0 Å². The van der Waals surface area contributed by atoms with E-state index in [-0.39, 0.29) is 5.41 Å². The van der Waals surface area contributed by atoms with Gasteiger partial charge in [0.05, 0.1) is 0 Å². The first-order valence-electron chi connectivity index (χ1n) is 7.39. The fourth-order valence-electron chi connectivity index (χ4n) is 1.87. The van der Waals surface area contributed by atoms with Crippen molar-refractivity contribution < 1.29 is 0 Å². The smallest absolute Gasteiger partial charge is 0.191 e. The van der Waals surface area contributed by atoms with E-state index >= 15 is 0 Å². The number of hydrogen-bond acceptors (Lipinski definition) is 1. The summed E-state index contributed by atoms with van der Waals surface area (Å²) in [5, 5.41) is 6.86. The summed E-state index contributed by atoms with van der Waals surface area (Å²) in [6, 6.07) is 11.0. The third-order valence-corrected chi connectivity index (χ3v) is 3.84. The van der Waals surface area contributed by atoms with Crippen LogP contribution in [0.5, 0.6) is 0 Å². The van der Waals surface area contributed by atoms with Crippen LogP contribution in [0.1, 0.15) is 40.2 Å². The largest absolute Gasteiger partial charge is 0.356 e. The Hall–Kier alpha value is -1.51. The van der Waals surface area contributed by atoms with Crippen LogP contribution in [-0.4, -0.2) is 25.6 Å². The van der Waals surface area contributed by atoms with Crippen molar-refractivity contribution in [1.82, 2.24) is 10.6 Å². The van der Waals surface area contributed by atoms with Crippen LogP contribution in [0.15, 0.2) is 35.3 Å². The van der Waals surface area contributed by atoms with E-state index in [4.69, 9.17) is 0 Å². The highest BCUT2D eigenvalue weighted by Crippen LogP contribution is 2.21. The Bertz CT molecular complexity index is 421. The summed E-state index contributed by atoms with van der Waals surface area (Å²) in [7, 11) is 1.82. The molecule has 0 radical (unpaired) electrons. The van der Waals surface area contributed by atoms with Crippen molar-refractivity contribution in [2.45, 2.75) is 46.1 Å². The van der Waals surface area contributed by atoms with Gasteiger partial charge in [-0.3, -0.25) is 4.99 Å². The maximum atomic E-state index is 4.30. The molecule has 0 aliphatic carbocycles. The summed E-state index contributed by atoms with van der Waals surface area (Å²) in [4.78, 5) is 4.30. The minimum Gasteiger partial charge on any atom is -0.356 e. The molecule has 0 aliphatic rings. The Morgan fingerprint density at radius 1 is 1.15 bits per heavy atom. The lowest BCUT2D eigenvalue weighted by Crippen LogP contribution is -2.47. The van der Waals surface area contributed by atoms with Crippen LogP contribution in [0.4, 0.5) is 0 Å². The van der Waals surface area contributed by atoms with E-state index in [0.29, 0.717) is 12.0 Å². The summed E-state index contributed by atoms with van der Waals surface area (Å²) in [5.74, 6) is 1.45. The second-order valence-electron chi connectivity index (χ2n) is 6.35. The maximum absolute atomic E-state index is 4.30. The molecule has 3 nitrogen and oxygen atoms in total. The van der Waals surface area contributed by atoms with Crippen molar-refractivity contribution in [3.05, 3.63) is 35.9 Å². The van der Waals surface area contributed by atoms with Crippen LogP contribution < -0.4 is 10.6 Å². The second kappa shape index (κ2) is 7.32. The summed E-state index contributed by atoms with van der Waals surface area (Å²) in [6.07, 6.45) is 0. The number of nitrogens with one attached hydrogen (secondary N) is 2. The molecule has 1 rings (SSSR count). The highest BCUT2D eigenvalue weighted by Gasteiger charge is 2.21. The second-order valence-corrected chi connectivity index (χ2v) is 6.35. The molecule has 2 N–H and O–H groups in total. The van der Waals surface area contributed by atoms with Crippen LogP contribution >= 0.6 is 0 Å². The summed E-state index contributed by atoms with van der Waals surface area (Å²) >= 11 is 0. The first kappa shape index (κ1) is 16.5. The van der Waals surface area contributed by atoms with E-state index in [1.165, 1.54) is 5.56 Å². The minimum absolute atomic E-state index is 0.0694. The van der Waals surface area contributed by atoms with E-state index in [0.717, 1.165) is 12.5 Å². The highest BCUT2D eigenvalue weighted by atomic mass is 15.2. The molecule has 3 heteroatoms. The van der Waals surface area contributed by atoms with Gasteiger partial charge in [0.2, 0.25) is 0 Å². The van der Waals surface area contributed by atoms with Gasteiger partial charge in [0.25, 0.3) is 0 Å². The Morgan fingerprint density at radius 2 is 1.75 bits per heavy atom. The van der Waals surface area contributed by atoms with Gasteiger partial charge < -0.3 is 10.6 Å². The predicted molar refractivity (Wildman–Crippen MR) is 88.3 cm³/mol. The molecule has 1 aromatic carbocycles. The van der Waals surface area contributed by atoms with Crippen molar-refractivity contribution in [3.63, 3.8) is 0 Å². The number of hydrogen-bond donors (Lipinski definition) is 2. The number of rotatable bonds is 5. The first-order valence-corrected chi connectivity index (χ1v) is 7.39. The monoisotopic (exact) mass is 275 g/mol. The van der Waals surface area contributed by atoms with Gasteiger partial charge in [-0.15, -0.1) is 0 Å². The van der Waals surface area contributed by atoms with Gasteiger partial charge in [-0.25, -0.2) is 0 Å². The van der Waals surface area contributed by atoms with Gasteiger partial charge in [0.1, 0.15) is 0 Å². The molecule has 0 amide bonds. The van der Waals surface area contributed by atoms with Gasteiger partial charge in [0, 0.05) is 25.0 Å². The normalized spacial score (nSPS) is 14.2. The summed E-state index contributed by atoms with van der Waals surface area (Å²) < 4.78 is 0. The minimum atomic E-state index is 0.0694. The van der Waals surface area contributed by atoms with Crippen LogP contribution in [-0.2, 0) is 5.41 Å². The van der Waals surface area contributed by atoms with Gasteiger partial charge in [0.15, 0.2) is 5.96 Å². The van der Waals surface area contributed by atoms with Gasteiger partial charge in [-0.2, -0.15) is 0 Å². The van der Waals surface area contributed by atoms with Crippen LogP contribution in [0.25, 0.3) is 0 Å². The molecule has 0 heterocycles. The lowest BCUT2D eigenvalue weighted by Gasteiger charge is -2.28. The maximum Gasteiger partial charge on any atom is 0.191 e. The summed E-state index contributed by atoms with van der Waals surface area (Å²) in [5.41, 5.74) is 1.40. The molecule has 20 heavy (non-hydrogen) atoms. The molecule has 1 aromatic rings. The number of aliphatic imine (C=N–C) groups is 1. The van der Waals surface area contributed by atoms with Gasteiger partial charge in [-0.05, 0) is 18.4 Å². The third kappa shape index (κ3) is 4.87. The first-order chi connectivity index (χ1) is 9.36. The zero-order chi connectivity index (χ0) is 15.2. The molecule has 0 aliphatic heterocycles. The quantitative estimate of drug-likeness (QED) is 0.639. The average molecular weight is 275 g/mol. The zero-order valence-corrected chi connectivity index (χ0v) is 13.7. The van der Waals surface area contributed by atoms with Gasteiger partial charge in [-0.1, -0.05) is 58.0 Å². The molecular formula is C17H29N3. The molecule has 0 saturated heterocycles. The van der Waals surface area contributed by atoms with Crippen molar-refractivity contribution in [3.8, 4) is 0 Å². The Kier molecular flexibility index (Phi) is 6.05. The molecular weight excluding hydrogens is 246 g/mol. The van der Waals surface area contributed by atoms with E-state index in [9.17, 15) is 0 Å². The van der Waals surface area contributed by atoms with Crippen molar-refractivity contribution in [2.24, 2.45) is 10.9 Å². The van der Waals surface area contributed by atoms with Crippen molar-refractivity contribution in [1.29, 1.82) is 0 Å². The number of nitrogens with zero attached hydrogens (tertiary/aromatic N) is 1. The van der Waals surface area contributed by atoms with E-state index < -0.39 is 0 Å². The van der Waals surface area contributed by atoms with Crippen molar-refractivity contribution >= 4 is 5.96 Å². The Morgan fingerprint density at radius 3 is 2.25 bits per heavy atom. The SMILES string of the molecule is CN=C(NCC(C)(C)c1ccccc1)NC(C)C(C)C. The lowest BCUT2D eigenvalue weighted by atomic mass is 9.85. The standard InChI is InChI=1S/C17H29N3/c1-13(2)14(3)20-16(18-6)19-12-17(4,5)15-10-8-7-9-11-15/h7-11,13-14H,12H2,1-6H3,(H2,18,19,20). The fourth-order valence-corrected chi connectivity index (χ4v) is 1.87. The van der Waals surface area contributed by atoms with Crippen LogP contribution in [0.3, 0.4) is 0 Å². The predicted octanol–water partition coefficient (Wildman–Crippen LogP) is 3.17. The third-order valence-electron chi connectivity index (χ3n) is 3.84. The van der Waals surface area contributed by atoms with E-state index in [1.807, 2.05) is 7.05 Å². The Balaban J connectivity index is 2.60. The van der Waals surface area contributed by atoms with E-state index in [2.05, 4.69) is 80.6 Å². The average Bonchev–Trinajstić information content (AvgIpc) is 2.44. The molecule has 1 atom stereocenters. The molecule has 0 saturated carbocycles. The number of guanidine groups is 1. The number of benzene rings is 1. The fraction of sp³-hybridized carbons (Fsp3) is 0.588. The molecule has 0 spiro atoms. The summed E-state index contributed by atoms with van der Waals surface area (Å²) in [6.45, 7) is 11.9.